The van der Waals surface area contributed by atoms with Crippen molar-refractivity contribution in [3.05, 3.63) is 42.5 Å². The van der Waals surface area contributed by atoms with Gasteiger partial charge in [0.2, 0.25) is 5.88 Å². The van der Waals surface area contributed by atoms with Gasteiger partial charge in [-0.1, -0.05) is 18.2 Å². The number of nitrogens with zero attached hydrogens (tertiary/aromatic N) is 4. The van der Waals surface area contributed by atoms with Crippen LogP contribution in [0.15, 0.2) is 42.5 Å². The van der Waals surface area contributed by atoms with Crippen molar-refractivity contribution in [3.8, 4) is 11.6 Å². The van der Waals surface area contributed by atoms with Crippen molar-refractivity contribution in [1.82, 2.24) is 15.1 Å². The number of para-hydroxylation sites is 1. The minimum Gasteiger partial charge on any atom is -0.438 e. The summed E-state index contributed by atoms with van der Waals surface area (Å²) in [5.74, 6) is 1.26. The molecule has 1 N–H and O–H groups in total. The zero-order valence-electron chi connectivity index (χ0n) is 11.4. The third-order valence-corrected chi connectivity index (χ3v) is 3.11. The highest BCUT2D eigenvalue weighted by molar-refractivity contribution is 5.93. The van der Waals surface area contributed by atoms with E-state index in [1.807, 2.05) is 18.2 Å². The summed E-state index contributed by atoms with van der Waals surface area (Å²) in [6.07, 6.45) is -0.919. The molecule has 1 atom stereocenters. The normalized spacial score (nSPS) is 18.2. The Kier molecular flexibility index (Phi) is 3.41. The Morgan fingerprint density at radius 1 is 1.19 bits per heavy atom. The molecule has 3 rings (SSSR count). The van der Waals surface area contributed by atoms with Crippen molar-refractivity contribution < 1.29 is 14.6 Å². The number of aliphatic hydroxyl groups is 1. The monoisotopic (exact) mass is 286 g/mol. The van der Waals surface area contributed by atoms with Crippen LogP contribution in [-0.4, -0.2) is 46.1 Å². The topological polar surface area (TPSA) is 78.8 Å². The number of rotatable bonds is 3. The lowest BCUT2D eigenvalue weighted by Crippen LogP contribution is -2.35. The first kappa shape index (κ1) is 13.3. The average molecular weight is 286 g/mol. The number of anilines is 1. The predicted octanol–water partition coefficient (Wildman–Crippen LogP) is 1.46. The van der Waals surface area contributed by atoms with Crippen LogP contribution < -0.4 is 9.64 Å². The highest BCUT2D eigenvalue weighted by Crippen LogP contribution is 2.23. The quantitative estimate of drug-likeness (QED) is 0.924. The van der Waals surface area contributed by atoms with Gasteiger partial charge in [-0.3, -0.25) is 0 Å². The van der Waals surface area contributed by atoms with Crippen LogP contribution in [0.2, 0.25) is 0 Å². The maximum atomic E-state index is 11.9. The van der Waals surface area contributed by atoms with Crippen LogP contribution in [0.3, 0.4) is 0 Å². The van der Waals surface area contributed by atoms with Gasteiger partial charge in [0.1, 0.15) is 5.75 Å². The number of urea groups is 1. The number of ether oxygens (including phenoxy) is 1. The number of amides is 2. The van der Waals surface area contributed by atoms with Crippen molar-refractivity contribution in [2.75, 3.05) is 18.5 Å². The molecule has 1 unspecified atom stereocenters. The van der Waals surface area contributed by atoms with Crippen LogP contribution in [0.1, 0.15) is 0 Å². The Labute approximate surface area is 121 Å². The zero-order chi connectivity index (χ0) is 14.8. The van der Waals surface area contributed by atoms with Gasteiger partial charge >= 0.3 is 6.03 Å². The first-order valence-corrected chi connectivity index (χ1v) is 6.44. The van der Waals surface area contributed by atoms with E-state index in [1.165, 1.54) is 9.80 Å². The van der Waals surface area contributed by atoms with Crippen LogP contribution in [0, 0.1) is 0 Å². The fraction of sp³-hybridized carbons (Fsp3) is 0.214. The SMILES string of the molecule is CN1CC(O)N(c2ccc(Oc3ccccc3)nn2)C1=O. The van der Waals surface area contributed by atoms with Crippen molar-refractivity contribution in [2.24, 2.45) is 0 Å². The summed E-state index contributed by atoms with van der Waals surface area (Å²) in [5, 5.41) is 17.7. The van der Waals surface area contributed by atoms with Gasteiger partial charge in [-0.25, -0.2) is 9.69 Å². The van der Waals surface area contributed by atoms with E-state index in [0.717, 1.165) is 0 Å². The molecule has 2 heterocycles. The summed E-state index contributed by atoms with van der Waals surface area (Å²) in [4.78, 5) is 14.5. The van der Waals surface area contributed by atoms with E-state index in [4.69, 9.17) is 4.74 Å². The van der Waals surface area contributed by atoms with E-state index in [-0.39, 0.29) is 18.4 Å². The summed E-state index contributed by atoms with van der Waals surface area (Å²) < 4.78 is 5.52. The average Bonchev–Trinajstić information content (AvgIpc) is 2.74. The molecule has 1 fully saturated rings. The van der Waals surface area contributed by atoms with Gasteiger partial charge < -0.3 is 14.7 Å². The van der Waals surface area contributed by atoms with Gasteiger partial charge in [0, 0.05) is 13.1 Å². The van der Waals surface area contributed by atoms with Crippen molar-refractivity contribution in [2.45, 2.75) is 6.23 Å². The molecule has 1 aromatic heterocycles. The number of β-amino-alcohol motifs (C(OH)–C–C–N with tert-alkyl or cyclic N) is 1. The first-order valence-electron chi connectivity index (χ1n) is 6.44. The van der Waals surface area contributed by atoms with Gasteiger partial charge in [0.05, 0.1) is 6.54 Å². The number of benzene rings is 1. The molecule has 0 saturated carbocycles. The lowest BCUT2D eigenvalue weighted by molar-refractivity contribution is 0.183. The van der Waals surface area contributed by atoms with Crippen LogP contribution in [0.25, 0.3) is 0 Å². The third-order valence-electron chi connectivity index (χ3n) is 3.11. The molecule has 1 saturated heterocycles. The van der Waals surface area contributed by atoms with Crippen LogP contribution in [0.4, 0.5) is 10.6 Å². The van der Waals surface area contributed by atoms with Crippen molar-refractivity contribution in [3.63, 3.8) is 0 Å². The minimum absolute atomic E-state index is 0.239. The molecule has 21 heavy (non-hydrogen) atoms. The Morgan fingerprint density at radius 3 is 2.52 bits per heavy atom. The Hall–Kier alpha value is -2.67. The maximum Gasteiger partial charge on any atom is 0.327 e. The summed E-state index contributed by atoms with van der Waals surface area (Å²) in [5.41, 5.74) is 0. The molecule has 2 aromatic rings. The molecule has 0 radical (unpaired) electrons. The van der Waals surface area contributed by atoms with E-state index in [0.29, 0.717) is 11.6 Å². The van der Waals surface area contributed by atoms with Crippen molar-refractivity contribution in [1.29, 1.82) is 0 Å². The van der Waals surface area contributed by atoms with Gasteiger partial charge in [-0.05, 0) is 18.2 Å². The smallest absolute Gasteiger partial charge is 0.327 e. The molecule has 0 bridgehead atoms. The molecule has 0 spiro atoms. The van der Waals surface area contributed by atoms with Crippen LogP contribution in [0.5, 0.6) is 11.6 Å². The summed E-state index contributed by atoms with van der Waals surface area (Å²) in [6.45, 7) is 0.239. The molecule has 7 nitrogen and oxygen atoms in total. The maximum absolute atomic E-state index is 11.9. The van der Waals surface area contributed by atoms with E-state index in [2.05, 4.69) is 10.2 Å². The Morgan fingerprint density at radius 2 is 1.95 bits per heavy atom. The lowest BCUT2D eigenvalue weighted by atomic mass is 10.3. The van der Waals surface area contributed by atoms with E-state index >= 15 is 0 Å². The molecule has 2 amide bonds. The number of hydrogen-bond donors (Lipinski definition) is 1. The lowest BCUT2D eigenvalue weighted by Gasteiger charge is -2.17. The number of carbonyl (C=O) groups excluding carboxylic acids is 1. The van der Waals surface area contributed by atoms with Crippen molar-refractivity contribution >= 4 is 11.8 Å². The van der Waals surface area contributed by atoms with Gasteiger partial charge in [0.25, 0.3) is 0 Å². The van der Waals surface area contributed by atoms with Gasteiger partial charge in [-0.2, -0.15) is 0 Å². The Bertz CT molecular complexity index is 632. The molecular weight excluding hydrogens is 272 g/mol. The molecule has 0 aliphatic carbocycles. The number of carbonyl (C=O) groups is 1. The highest BCUT2D eigenvalue weighted by Gasteiger charge is 2.35. The van der Waals surface area contributed by atoms with E-state index < -0.39 is 6.23 Å². The van der Waals surface area contributed by atoms with Gasteiger partial charge in [-0.15, -0.1) is 10.2 Å². The minimum atomic E-state index is -0.919. The molecule has 7 heteroatoms. The summed E-state index contributed by atoms with van der Waals surface area (Å²) >= 11 is 0. The molecule has 108 valence electrons. The second-order valence-corrected chi connectivity index (χ2v) is 4.66. The summed E-state index contributed by atoms with van der Waals surface area (Å²) in [6, 6.07) is 12.1. The van der Waals surface area contributed by atoms with Crippen LogP contribution >= 0.6 is 0 Å². The first-order chi connectivity index (χ1) is 10.1. The number of likely N-dealkylation sites (N-methyl/N-ethyl adjacent to an activating group) is 1. The number of hydrogen-bond acceptors (Lipinski definition) is 5. The van der Waals surface area contributed by atoms with Gasteiger partial charge in [0.15, 0.2) is 12.0 Å². The molecular formula is C14H14N4O3. The van der Waals surface area contributed by atoms with Crippen LogP contribution in [-0.2, 0) is 0 Å². The Balaban J connectivity index is 1.77. The standard InChI is InChI=1S/C14H14N4O3/c1-17-9-13(19)18(14(17)20)11-7-8-12(16-15-11)21-10-5-3-2-4-6-10/h2-8,13,19H,9H2,1H3. The summed E-state index contributed by atoms with van der Waals surface area (Å²) in [7, 11) is 1.62. The number of aliphatic hydroxyl groups excluding tert-OH is 1. The predicted molar refractivity (Wildman–Crippen MR) is 75.1 cm³/mol. The molecule has 1 aliphatic rings. The molecule has 1 aliphatic heterocycles. The second kappa shape index (κ2) is 5.37. The molecule has 1 aromatic carbocycles. The largest absolute Gasteiger partial charge is 0.438 e. The fourth-order valence-corrected chi connectivity index (χ4v) is 2.07. The third kappa shape index (κ3) is 2.63. The second-order valence-electron chi connectivity index (χ2n) is 4.66. The highest BCUT2D eigenvalue weighted by atomic mass is 16.5. The van der Waals surface area contributed by atoms with E-state index in [1.54, 1.807) is 31.3 Å². The number of aromatic nitrogens is 2. The van der Waals surface area contributed by atoms with E-state index in [9.17, 15) is 9.90 Å². The fourth-order valence-electron chi connectivity index (χ4n) is 2.07. The zero-order valence-corrected chi connectivity index (χ0v) is 11.4.